The van der Waals surface area contributed by atoms with Gasteiger partial charge in [-0.15, -0.1) is 11.3 Å². The summed E-state index contributed by atoms with van der Waals surface area (Å²) in [6.45, 7) is 4.48. The predicted octanol–water partition coefficient (Wildman–Crippen LogP) is 3.25. The molecule has 0 spiro atoms. The van der Waals surface area contributed by atoms with Crippen LogP contribution >= 0.6 is 11.3 Å². The molecule has 1 unspecified atom stereocenters. The highest BCUT2D eigenvalue weighted by atomic mass is 32.1. The van der Waals surface area contributed by atoms with Crippen molar-refractivity contribution in [2.24, 2.45) is 0 Å². The number of amides is 1. The highest BCUT2D eigenvalue weighted by Gasteiger charge is 2.08. The van der Waals surface area contributed by atoms with Gasteiger partial charge in [-0.25, -0.2) is 4.98 Å². The van der Waals surface area contributed by atoms with Gasteiger partial charge in [0, 0.05) is 17.0 Å². The molecule has 0 aliphatic heterocycles. The zero-order valence-corrected chi connectivity index (χ0v) is 12.4. The van der Waals surface area contributed by atoms with E-state index >= 15 is 0 Å². The van der Waals surface area contributed by atoms with E-state index in [-0.39, 0.29) is 11.9 Å². The average Bonchev–Trinajstić information content (AvgIpc) is 2.98. The number of hydrogen-bond donors (Lipinski definition) is 1. The number of nitrogens with one attached hydrogen (secondary N) is 1. The second kappa shape index (κ2) is 7.05. The van der Waals surface area contributed by atoms with Gasteiger partial charge in [0.1, 0.15) is 12.4 Å². The van der Waals surface area contributed by atoms with Crippen LogP contribution in [0.25, 0.3) is 0 Å². The Bertz CT molecular complexity index is 538. The van der Waals surface area contributed by atoms with Gasteiger partial charge >= 0.3 is 0 Å². The lowest BCUT2D eigenvalue weighted by molar-refractivity contribution is 0.0939. The highest BCUT2D eigenvalue weighted by Crippen LogP contribution is 2.14. The number of hydrogen-bond acceptors (Lipinski definition) is 4. The molecule has 0 aliphatic carbocycles. The van der Waals surface area contributed by atoms with Crippen LogP contribution in [0.2, 0.25) is 0 Å². The Hall–Kier alpha value is -1.88. The third-order valence-electron chi connectivity index (χ3n) is 2.98. The summed E-state index contributed by atoms with van der Waals surface area (Å²) >= 11 is 1.54. The maximum absolute atomic E-state index is 11.9. The van der Waals surface area contributed by atoms with Gasteiger partial charge in [-0.2, -0.15) is 0 Å². The molecule has 1 aromatic heterocycles. The fraction of sp³-hybridized carbons (Fsp3) is 0.333. The van der Waals surface area contributed by atoms with E-state index in [1.807, 2.05) is 19.2 Å². The van der Waals surface area contributed by atoms with Crippen LogP contribution in [0.1, 0.15) is 36.3 Å². The minimum Gasteiger partial charge on any atom is -0.487 e. The number of carbonyl (C=O) groups is 1. The molecule has 2 aromatic rings. The Morgan fingerprint density at radius 3 is 2.75 bits per heavy atom. The van der Waals surface area contributed by atoms with E-state index in [0.717, 1.165) is 17.9 Å². The molecule has 1 heterocycles. The maximum atomic E-state index is 11.9. The van der Waals surface area contributed by atoms with Gasteiger partial charge in [0.2, 0.25) is 0 Å². The Kier molecular flexibility index (Phi) is 5.12. The molecule has 0 radical (unpaired) electrons. The van der Waals surface area contributed by atoms with Gasteiger partial charge in [0.25, 0.3) is 5.91 Å². The van der Waals surface area contributed by atoms with Gasteiger partial charge in [-0.3, -0.25) is 4.79 Å². The molecule has 5 heteroatoms. The molecule has 0 bridgehead atoms. The standard InChI is InChI=1S/C15H18N2O2S/c1-3-11(2)17-15(18)12-4-6-14(7-5-12)19-8-13-9-20-10-16-13/h4-7,9-11H,3,8H2,1-2H3,(H,17,18). The van der Waals surface area contributed by atoms with Crippen LogP contribution in [0.5, 0.6) is 5.75 Å². The summed E-state index contributed by atoms with van der Waals surface area (Å²) in [5.41, 5.74) is 3.33. The van der Waals surface area contributed by atoms with Crippen LogP contribution in [-0.4, -0.2) is 16.9 Å². The van der Waals surface area contributed by atoms with E-state index in [2.05, 4.69) is 10.3 Å². The lowest BCUT2D eigenvalue weighted by Gasteiger charge is -2.11. The molecular formula is C15H18N2O2S. The van der Waals surface area contributed by atoms with Crippen LogP contribution in [0.3, 0.4) is 0 Å². The third-order valence-corrected chi connectivity index (χ3v) is 3.61. The number of thiazole rings is 1. The summed E-state index contributed by atoms with van der Waals surface area (Å²) in [6.07, 6.45) is 0.917. The summed E-state index contributed by atoms with van der Waals surface area (Å²) in [7, 11) is 0. The van der Waals surface area contributed by atoms with Crippen molar-refractivity contribution in [3.63, 3.8) is 0 Å². The van der Waals surface area contributed by atoms with Crippen LogP contribution < -0.4 is 10.1 Å². The molecule has 4 nitrogen and oxygen atoms in total. The number of benzene rings is 1. The van der Waals surface area contributed by atoms with Crippen molar-refractivity contribution in [3.8, 4) is 5.75 Å². The lowest BCUT2D eigenvalue weighted by atomic mass is 10.2. The molecule has 0 saturated carbocycles. The number of carbonyl (C=O) groups excluding carboxylic acids is 1. The van der Waals surface area contributed by atoms with Gasteiger partial charge < -0.3 is 10.1 Å². The molecule has 20 heavy (non-hydrogen) atoms. The zero-order valence-electron chi connectivity index (χ0n) is 11.6. The summed E-state index contributed by atoms with van der Waals surface area (Å²) in [5.74, 6) is 0.684. The molecule has 1 N–H and O–H groups in total. The first-order valence-corrected chi connectivity index (χ1v) is 7.54. The highest BCUT2D eigenvalue weighted by molar-refractivity contribution is 7.07. The molecular weight excluding hydrogens is 272 g/mol. The quantitative estimate of drug-likeness (QED) is 0.888. The van der Waals surface area contributed by atoms with E-state index in [9.17, 15) is 4.79 Å². The first kappa shape index (κ1) is 14.5. The third kappa shape index (κ3) is 4.06. The molecule has 2 rings (SSSR count). The summed E-state index contributed by atoms with van der Waals surface area (Å²) in [6, 6.07) is 7.33. The van der Waals surface area contributed by atoms with Gasteiger partial charge in [0.05, 0.1) is 11.2 Å². The number of nitrogens with zero attached hydrogens (tertiary/aromatic N) is 1. The smallest absolute Gasteiger partial charge is 0.251 e. The first-order chi connectivity index (χ1) is 9.69. The normalized spacial score (nSPS) is 11.9. The van der Waals surface area contributed by atoms with Crippen molar-refractivity contribution in [1.29, 1.82) is 0 Å². The Morgan fingerprint density at radius 2 is 2.15 bits per heavy atom. The molecule has 1 amide bonds. The van der Waals surface area contributed by atoms with Gasteiger partial charge in [0.15, 0.2) is 0 Å². The number of ether oxygens (including phenoxy) is 1. The Morgan fingerprint density at radius 1 is 1.40 bits per heavy atom. The molecule has 0 saturated heterocycles. The van der Waals surface area contributed by atoms with E-state index < -0.39 is 0 Å². The monoisotopic (exact) mass is 290 g/mol. The zero-order chi connectivity index (χ0) is 14.4. The van der Waals surface area contributed by atoms with Crippen molar-refractivity contribution in [3.05, 3.63) is 46.4 Å². The van der Waals surface area contributed by atoms with Crippen LogP contribution in [-0.2, 0) is 6.61 Å². The van der Waals surface area contributed by atoms with Crippen LogP contribution in [0.15, 0.2) is 35.2 Å². The largest absolute Gasteiger partial charge is 0.487 e. The number of aromatic nitrogens is 1. The van der Waals surface area contributed by atoms with Gasteiger partial charge in [-0.05, 0) is 37.6 Å². The minimum atomic E-state index is -0.0506. The summed E-state index contributed by atoms with van der Waals surface area (Å²) in [4.78, 5) is 16.1. The fourth-order valence-corrected chi connectivity index (χ4v) is 2.12. The molecule has 1 atom stereocenters. The van der Waals surface area contributed by atoms with Crippen LogP contribution in [0, 0.1) is 0 Å². The molecule has 0 aliphatic rings. The van der Waals surface area contributed by atoms with Crippen molar-refractivity contribution < 1.29 is 9.53 Å². The van der Waals surface area contributed by atoms with E-state index in [1.54, 1.807) is 41.1 Å². The second-order valence-corrected chi connectivity index (χ2v) is 5.29. The SMILES string of the molecule is CCC(C)NC(=O)c1ccc(OCc2cscn2)cc1. The lowest BCUT2D eigenvalue weighted by Crippen LogP contribution is -2.31. The molecule has 1 aromatic carbocycles. The topological polar surface area (TPSA) is 51.2 Å². The van der Waals surface area contributed by atoms with Gasteiger partial charge in [-0.1, -0.05) is 6.92 Å². The second-order valence-electron chi connectivity index (χ2n) is 4.58. The van der Waals surface area contributed by atoms with Crippen LogP contribution in [0.4, 0.5) is 0 Å². The fourth-order valence-electron chi connectivity index (χ4n) is 1.58. The van der Waals surface area contributed by atoms with E-state index in [0.29, 0.717) is 12.2 Å². The first-order valence-electron chi connectivity index (χ1n) is 6.60. The van der Waals surface area contributed by atoms with E-state index in [1.165, 1.54) is 0 Å². The Labute approximate surface area is 122 Å². The predicted molar refractivity (Wildman–Crippen MR) is 80.1 cm³/mol. The van der Waals surface area contributed by atoms with Crippen molar-refractivity contribution in [2.45, 2.75) is 32.9 Å². The van der Waals surface area contributed by atoms with Crippen molar-refractivity contribution >= 4 is 17.2 Å². The van der Waals surface area contributed by atoms with E-state index in [4.69, 9.17) is 4.74 Å². The maximum Gasteiger partial charge on any atom is 0.251 e. The molecule has 0 fully saturated rings. The minimum absolute atomic E-state index is 0.0506. The number of rotatable bonds is 6. The summed E-state index contributed by atoms with van der Waals surface area (Å²) in [5, 5.41) is 4.88. The average molecular weight is 290 g/mol. The molecule has 106 valence electrons. The van der Waals surface area contributed by atoms with Crippen molar-refractivity contribution in [2.75, 3.05) is 0 Å². The Balaban J connectivity index is 1.90. The summed E-state index contributed by atoms with van der Waals surface area (Å²) < 4.78 is 5.60. The van der Waals surface area contributed by atoms with Crippen molar-refractivity contribution in [1.82, 2.24) is 10.3 Å².